The SMILES string of the molecule is CC(C)(C)Cn1nnnc1-c1cc(N)cc(Br)c1. The van der Waals surface area contributed by atoms with Crippen molar-refractivity contribution in [1.29, 1.82) is 0 Å². The van der Waals surface area contributed by atoms with E-state index in [1.165, 1.54) is 0 Å². The molecule has 0 atom stereocenters. The van der Waals surface area contributed by atoms with Gasteiger partial charge in [0, 0.05) is 22.3 Å². The zero-order valence-electron chi connectivity index (χ0n) is 10.7. The number of hydrogen-bond acceptors (Lipinski definition) is 4. The number of tetrazole rings is 1. The van der Waals surface area contributed by atoms with Gasteiger partial charge in [-0.25, -0.2) is 4.68 Å². The number of benzene rings is 1. The summed E-state index contributed by atoms with van der Waals surface area (Å²) in [6.07, 6.45) is 0. The Kier molecular flexibility index (Phi) is 3.38. The minimum atomic E-state index is 0.113. The number of nitrogens with zero attached hydrogens (tertiary/aromatic N) is 4. The van der Waals surface area contributed by atoms with E-state index in [-0.39, 0.29) is 5.41 Å². The van der Waals surface area contributed by atoms with Crippen LogP contribution in [0.4, 0.5) is 5.69 Å². The summed E-state index contributed by atoms with van der Waals surface area (Å²) in [6.45, 7) is 7.19. The third-order valence-corrected chi connectivity index (χ3v) is 2.79. The number of rotatable bonds is 2. The topological polar surface area (TPSA) is 69.6 Å². The number of nitrogen functional groups attached to an aromatic ring is 1. The first-order chi connectivity index (χ1) is 8.35. The Balaban J connectivity index is 2.42. The normalized spacial score (nSPS) is 11.8. The van der Waals surface area contributed by atoms with Crippen LogP contribution in [0.2, 0.25) is 0 Å². The van der Waals surface area contributed by atoms with Gasteiger partial charge in [-0.15, -0.1) is 5.10 Å². The Morgan fingerprint density at radius 3 is 2.61 bits per heavy atom. The van der Waals surface area contributed by atoms with Crippen LogP contribution in [0.3, 0.4) is 0 Å². The largest absolute Gasteiger partial charge is 0.399 e. The van der Waals surface area contributed by atoms with Crippen molar-refractivity contribution in [1.82, 2.24) is 20.2 Å². The Labute approximate surface area is 115 Å². The Morgan fingerprint density at radius 2 is 2.00 bits per heavy atom. The van der Waals surface area contributed by atoms with E-state index in [0.717, 1.165) is 22.4 Å². The molecule has 96 valence electrons. The molecule has 0 saturated carbocycles. The lowest BCUT2D eigenvalue weighted by atomic mass is 9.97. The van der Waals surface area contributed by atoms with Gasteiger partial charge in [0.2, 0.25) is 0 Å². The van der Waals surface area contributed by atoms with Gasteiger partial charge in [-0.1, -0.05) is 36.7 Å². The molecule has 0 radical (unpaired) electrons. The van der Waals surface area contributed by atoms with Crippen LogP contribution in [0.15, 0.2) is 22.7 Å². The van der Waals surface area contributed by atoms with Crippen molar-refractivity contribution in [3.05, 3.63) is 22.7 Å². The Hall–Kier alpha value is -1.43. The predicted octanol–water partition coefficient (Wildman–Crippen LogP) is 2.73. The van der Waals surface area contributed by atoms with Gasteiger partial charge in [-0.3, -0.25) is 0 Å². The van der Waals surface area contributed by atoms with E-state index >= 15 is 0 Å². The van der Waals surface area contributed by atoms with Crippen LogP contribution in [0.1, 0.15) is 20.8 Å². The molecule has 0 aliphatic heterocycles. The van der Waals surface area contributed by atoms with E-state index in [2.05, 4.69) is 52.2 Å². The van der Waals surface area contributed by atoms with Gasteiger partial charge < -0.3 is 5.73 Å². The number of anilines is 1. The molecule has 18 heavy (non-hydrogen) atoms. The number of halogens is 1. The van der Waals surface area contributed by atoms with E-state index < -0.39 is 0 Å². The monoisotopic (exact) mass is 309 g/mol. The van der Waals surface area contributed by atoms with Gasteiger partial charge in [-0.05, 0) is 34.0 Å². The molecular formula is C12H16BrN5. The van der Waals surface area contributed by atoms with E-state index in [9.17, 15) is 0 Å². The highest BCUT2D eigenvalue weighted by Crippen LogP contribution is 2.26. The first kappa shape index (κ1) is 13.0. The van der Waals surface area contributed by atoms with Crippen LogP contribution in [-0.2, 0) is 6.54 Å². The second-order valence-electron chi connectivity index (χ2n) is 5.49. The van der Waals surface area contributed by atoms with E-state index in [1.807, 2.05) is 18.2 Å². The lowest BCUT2D eigenvalue weighted by Crippen LogP contribution is -2.17. The molecule has 0 amide bonds. The fraction of sp³-hybridized carbons (Fsp3) is 0.417. The third-order valence-electron chi connectivity index (χ3n) is 2.33. The summed E-state index contributed by atoms with van der Waals surface area (Å²) in [6, 6.07) is 5.68. The number of nitrogens with two attached hydrogens (primary N) is 1. The molecule has 0 fully saturated rings. The van der Waals surface area contributed by atoms with Crippen LogP contribution < -0.4 is 5.73 Å². The lowest BCUT2D eigenvalue weighted by Gasteiger charge is -2.18. The van der Waals surface area contributed by atoms with Gasteiger partial charge in [0.25, 0.3) is 0 Å². The molecule has 1 aromatic heterocycles. The maximum absolute atomic E-state index is 5.83. The van der Waals surface area contributed by atoms with Gasteiger partial charge in [0.05, 0.1) is 0 Å². The molecule has 0 spiro atoms. The van der Waals surface area contributed by atoms with Gasteiger partial charge in [0.15, 0.2) is 5.82 Å². The number of hydrogen-bond donors (Lipinski definition) is 1. The molecular weight excluding hydrogens is 294 g/mol. The van der Waals surface area contributed by atoms with Crippen LogP contribution >= 0.6 is 15.9 Å². The molecule has 2 aromatic rings. The van der Waals surface area contributed by atoms with Crippen molar-refractivity contribution in [2.45, 2.75) is 27.3 Å². The Bertz CT molecular complexity index is 536. The standard InChI is InChI=1S/C12H16BrN5/c1-12(2,3)7-18-11(15-16-17-18)8-4-9(13)6-10(14)5-8/h4-6H,7,14H2,1-3H3. The zero-order valence-corrected chi connectivity index (χ0v) is 12.3. The molecule has 2 rings (SSSR count). The minimum Gasteiger partial charge on any atom is -0.399 e. The highest BCUT2D eigenvalue weighted by atomic mass is 79.9. The highest BCUT2D eigenvalue weighted by molar-refractivity contribution is 9.10. The van der Waals surface area contributed by atoms with Crippen molar-refractivity contribution in [2.24, 2.45) is 5.41 Å². The molecule has 0 aliphatic carbocycles. The summed E-state index contributed by atoms with van der Waals surface area (Å²) in [4.78, 5) is 0. The van der Waals surface area contributed by atoms with Gasteiger partial charge >= 0.3 is 0 Å². The van der Waals surface area contributed by atoms with E-state index in [4.69, 9.17) is 5.73 Å². The van der Waals surface area contributed by atoms with Crippen LogP contribution in [0.25, 0.3) is 11.4 Å². The van der Waals surface area contributed by atoms with E-state index in [0.29, 0.717) is 5.69 Å². The average Bonchev–Trinajstić information content (AvgIpc) is 2.61. The molecule has 0 unspecified atom stereocenters. The highest BCUT2D eigenvalue weighted by Gasteiger charge is 2.17. The van der Waals surface area contributed by atoms with E-state index in [1.54, 1.807) is 4.68 Å². The molecule has 1 aromatic carbocycles. The summed E-state index contributed by atoms with van der Waals surface area (Å²) in [5, 5.41) is 11.9. The van der Waals surface area contributed by atoms with Crippen LogP contribution in [0.5, 0.6) is 0 Å². The summed E-state index contributed by atoms with van der Waals surface area (Å²) in [7, 11) is 0. The second kappa shape index (κ2) is 4.68. The van der Waals surface area contributed by atoms with Crippen molar-refractivity contribution < 1.29 is 0 Å². The van der Waals surface area contributed by atoms with Crippen LogP contribution in [0, 0.1) is 5.41 Å². The maximum Gasteiger partial charge on any atom is 0.182 e. The third kappa shape index (κ3) is 3.07. The molecule has 1 heterocycles. The molecule has 5 nitrogen and oxygen atoms in total. The minimum absolute atomic E-state index is 0.113. The summed E-state index contributed by atoms with van der Waals surface area (Å²) < 4.78 is 2.73. The van der Waals surface area contributed by atoms with Crippen LogP contribution in [-0.4, -0.2) is 20.2 Å². The zero-order chi connectivity index (χ0) is 13.3. The predicted molar refractivity (Wildman–Crippen MR) is 74.8 cm³/mol. The summed E-state index contributed by atoms with van der Waals surface area (Å²) in [5.74, 6) is 0.734. The van der Waals surface area contributed by atoms with Gasteiger partial charge in [0.1, 0.15) is 0 Å². The fourth-order valence-electron chi connectivity index (χ4n) is 1.71. The summed E-state index contributed by atoms with van der Waals surface area (Å²) >= 11 is 3.43. The van der Waals surface area contributed by atoms with Crippen molar-refractivity contribution in [3.8, 4) is 11.4 Å². The lowest BCUT2D eigenvalue weighted by molar-refractivity contribution is 0.323. The second-order valence-corrected chi connectivity index (χ2v) is 6.41. The fourth-order valence-corrected chi connectivity index (χ4v) is 2.22. The molecule has 0 bridgehead atoms. The van der Waals surface area contributed by atoms with Crippen molar-refractivity contribution >= 4 is 21.6 Å². The summed E-state index contributed by atoms with van der Waals surface area (Å²) in [5.41, 5.74) is 7.55. The maximum atomic E-state index is 5.83. The molecule has 0 aliphatic rings. The average molecular weight is 310 g/mol. The molecule has 2 N–H and O–H groups in total. The number of aromatic nitrogens is 4. The molecule has 6 heteroatoms. The quantitative estimate of drug-likeness (QED) is 0.866. The first-order valence-corrected chi connectivity index (χ1v) is 6.47. The Morgan fingerprint density at radius 1 is 1.28 bits per heavy atom. The molecule has 0 saturated heterocycles. The van der Waals surface area contributed by atoms with Gasteiger partial charge in [-0.2, -0.15) is 0 Å². The smallest absolute Gasteiger partial charge is 0.182 e. The van der Waals surface area contributed by atoms with Crippen molar-refractivity contribution in [2.75, 3.05) is 5.73 Å². The first-order valence-electron chi connectivity index (χ1n) is 5.68. The van der Waals surface area contributed by atoms with Crippen molar-refractivity contribution in [3.63, 3.8) is 0 Å².